The largest absolute Gasteiger partial charge is 0.337 e. The molecule has 1 heterocycles. The third-order valence-electron chi connectivity index (χ3n) is 2.45. The number of hydrogen-bond donors (Lipinski definition) is 1. The van der Waals surface area contributed by atoms with Crippen molar-refractivity contribution < 1.29 is 4.79 Å². The van der Waals surface area contributed by atoms with Crippen molar-refractivity contribution in [1.82, 2.24) is 4.90 Å². The van der Waals surface area contributed by atoms with Gasteiger partial charge in [-0.1, -0.05) is 23.7 Å². The third-order valence-corrected chi connectivity index (χ3v) is 4.04. The van der Waals surface area contributed by atoms with Crippen molar-refractivity contribution in [1.29, 1.82) is 0 Å². The zero-order chi connectivity index (χ0) is 13.1. The molecule has 2 rings (SSSR count). The Morgan fingerprint density at radius 2 is 2.22 bits per heavy atom. The van der Waals surface area contributed by atoms with Crippen LogP contribution >= 0.6 is 35.6 Å². The molecule has 0 bridgehead atoms. The van der Waals surface area contributed by atoms with E-state index in [1.807, 2.05) is 29.6 Å². The van der Waals surface area contributed by atoms with Crippen LogP contribution < -0.4 is 0 Å². The van der Waals surface area contributed by atoms with Gasteiger partial charge in [0.15, 0.2) is 0 Å². The molecule has 0 radical (unpaired) electrons. The van der Waals surface area contributed by atoms with Gasteiger partial charge in [-0.2, -0.15) is 0 Å². The zero-order valence-corrected chi connectivity index (χ0v) is 12.2. The summed E-state index contributed by atoms with van der Waals surface area (Å²) in [6.45, 7) is 0.541. The maximum absolute atomic E-state index is 12.1. The molecule has 0 spiro atoms. The smallest absolute Gasteiger partial charge is 0.264 e. The van der Waals surface area contributed by atoms with Crippen LogP contribution in [0, 0.1) is 0 Å². The maximum atomic E-state index is 12.1. The van der Waals surface area contributed by atoms with Crippen molar-refractivity contribution in [2.75, 3.05) is 7.05 Å². The van der Waals surface area contributed by atoms with Crippen LogP contribution in [0.5, 0.6) is 0 Å². The van der Waals surface area contributed by atoms with Crippen LogP contribution in [0.2, 0.25) is 5.02 Å². The summed E-state index contributed by atoms with van der Waals surface area (Å²) in [5, 5.41) is 2.53. The van der Waals surface area contributed by atoms with E-state index in [4.69, 9.17) is 11.6 Å². The molecule has 0 aliphatic carbocycles. The van der Waals surface area contributed by atoms with Crippen LogP contribution in [0.4, 0.5) is 0 Å². The van der Waals surface area contributed by atoms with Crippen LogP contribution in [-0.4, -0.2) is 17.9 Å². The van der Waals surface area contributed by atoms with Crippen molar-refractivity contribution in [3.63, 3.8) is 0 Å². The van der Waals surface area contributed by atoms with Gasteiger partial charge in [0.05, 0.1) is 4.88 Å². The fraction of sp³-hybridized carbons (Fsp3) is 0.154. The van der Waals surface area contributed by atoms with E-state index in [-0.39, 0.29) is 5.91 Å². The summed E-state index contributed by atoms with van der Waals surface area (Å²) < 4.78 is 0. The van der Waals surface area contributed by atoms with E-state index < -0.39 is 0 Å². The lowest BCUT2D eigenvalue weighted by molar-refractivity contribution is 0.0789. The molecule has 0 atom stereocenters. The van der Waals surface area contributed by atoms with Gasteiger partial charge in [-0.25, -0.2) is 0 Å². The molecule has 94 valence electrons. The number of hydrogen-bond acceptors (Lipinski definition) is 3. The molecule has 0 aliphatic heterocycles. The molecule has 1 amide bonds. The molecule has 0 saturated carbocycles. The van der Waals surface area contributed by atoms with Gasteiger partial charge in [0.2, 0.25) is 0 Å². The van der Waals surface area contributed by atoms with Crippen LogP contribution in [-0.2, 0) is 6.54 Å². The molecule has 18 heavy (non-hydrogen) atoms. The zero-order valence-electron chi connectivity index (χ0n) is 9.76. The molecular formula is C13H12ClNOS2. The van der Waals surface area contributed by atoms with Gasteiger partial charge in [0.1, 0.15) is 0 Å². The third kappa shape index (κ3) is 3.28. The van der Waals surface area contributed by atoms with E-state index >= 15 is 0 Å². The SMILES string of the molecule is CN(Cc1cccc(Cl)c1)C(=O)c1cc(S)cs1. The summed E-state index contributed by atoms with van der Waals surface area (Å²) in [7, 11) is 1.78. The Balaban J connectivity index is 2.08. The normalized spacial score (nSPS) is 10.4. The first-order valence-corrected chi connectivity index (χ1v) is 7.04. The molecule has 0 unspecified atom stereocenters. The van der Waals surface area contributed by atoms with E-state index in [1.165, 1.54) is 11.3 Å². The summed E-state index contributed by atoms with van der Waals surface area (Å²) >= 11 is 11.5. The second-order valence-electron chi connectivity index (χ2n) is 3.96. The van der Waals surface area contributed by atoms with Crippen molar-refractivity contribution in [2.24, 2.45) is 0 Å². The van der Waals surface area contributed by atoms with Gasteiger partial charge in [0.25, 0.3) is 5.91 Å². The predicted octanol–water partition coefficient (Wildman–Crippen LogP) is 3.96. The van der Waals surface area contributed by atoms with Gasteiger partial charge in [-0.15, -0.1) is 24.0 Å². The van der Waals surface area contributed by atoms with Crippen molar-refractivity contribution >= 4 is 41.5 Å². The number of thiophene rings is 1. The number of carbonyl (C=O) groups is 1. The van der Waals surface area contributed by atoms with Crippen molar-refractivity contribution in [3.8, 4) is 0 Å². The van der Waals surface area contributed by atoms with Crippen molar-refractivity contribution in [3.05, 3.63) is 51.2 Å². The number of nitrogens with zero attached hydrogens (tertiary/aromatic N) is 1. The highest BCUT2D eigenvalue weighted by Crippen LogP contribution is 2.20. The monoisotopic (exact) mass is 297 g/mol. The Kier molecular flexibility index (Phi) is 4.32. The molecule has 0 aliphatic rings. The molecule has 0 N–H and O–H groups in total. The van der Waals surface area contributed by atoms with E-state index in [9.17, 15) is 4.79 Å². The highest BCUT2D eigenvalue weighted by molar-refractivity contribution is 7.80. The lowest BCUT2D eigenvalue weighted by atomic mass is 10.2. The number of amides is 1. The molecular weight excluding hydrogens is 286 g/mol. The number of thiol groups is 1. The Labute approximate surface area is 121 Å². The quantitative estimate of drug-likeness (QED) is 0.850. The second kappa shape index (κ2) is 5.78. The second-order valence-corrected chi connectivity index (χ2v) is 5.82. The van der Waals surface area contributed by atoms with Crippen LogP contribution in [0.1, 0.15) is 15.2 Å². The summed E-state index contributed by atoms with van der Waals surface area (Å²) in [4.78, 5) is 15.3. The topological polar surface area (TPSA) is 20.3 Å². The van der Waals surface area contributed by atoms with Gasteiger partial charge in [0, 0.05) is 28.9 Å². The summed E-state index contributed by atoms with van der Waals surface area (Å²) in [6.07, 6.45) is 0. The minimum Gasteiger partial charge on any atom is -0.337 e. The maximum Gasteiger partial charge on any atom is 0.264 e. The Morgan fingerprint density at radius 3 is 2.83 bits per heavy atom. The number of halogens is 1. The lowest BCUT2D eigenvalue weighted by Crippen LogP contribution is -2.25. The summed E-state index contributed by atoms with van der Waals surface area (Å²) in [6, 6.07) is 9.30. The minimum absolute atomic E-state index is 0.000255. The van der Waals surface area contributed by atoms with Crippen LogP contribution in [0.15, 0.2) is 40.6 Å². The highest BCUT2D eigenvalue weighted by atomic mass is 35.5. The summed E-state index contributed by atoms with van der Waals surface area (Å²) in [5.74, 6) is 0.000255. The average Bonchev–Trinajstić information content (AvgIpc) is 2.75. The molecule has 5 heteroatoms. The molecule has 0 fully saturated rings. The number of rotatable bonds is 3. The van der Waals surface area contributed by atoms with Crippen LogP contribution in [0.3, 0.4) is 0 Å². The molecule has 1 aromatic carbocycles. The first-order valence-electron chi connectivity index (χ1n) is 5.33. The Morgan fingerprint density at radius 1 is 1.44 bits per heavy atom. The van der Waals surface area contributed by atoms with E-state index in [1.54, 1.807) is 18.0 Å². The van der Waals surface area contributed by atoms with Gasteiger partial charge in [-0.05, 0) is 23.8 Å². The highest BCUT2D eigenvalue weighted by Gasteiger charge is 2.13. The predicted molar refractivity (Wildman–Crippen MR) is 78.8 cm³/mol. The number of carbonyl (C=O) groups excluding carboxylic acids is 1. The first kappa shape index (κ1) is 13.5. The van der Waals surface area contributed by atoms with Crippen molar-refractivity contribution in [2.45, 2.75) is 11.4 Å². The first-order chi connectivity index (χ1) is 8.56. The van der Waals surface area contributed by atoms with E-state index in [2.05, 4.69) is 12.6 Å². The van der Waals surface area contributed by atoms with E-state index in [0.29, 0.717) is 16.4 Å². The average molecular weight is 298 g/mol. The Hall–Kier alpha value is -0.970. The standard InChI is InChI=1S/C13H12ClNOS2/c1-15(7-9-3-2-4-10(14)5-9)13(16)12-6-11(17)8-18-12/h2-6,8,17H,7H2,1H3. The van der Waals surface area contributed by atoms with Gasteiger partial charge < -0.3 is 4.90 Å². The fourth-order valence-corrected chi connectivity index (χ4v) is 2.96. The molecule has 1 aromatic heterocycles. The fourth-order valence-electron chi connectivity index (χ4n) is 1.61. The lowest BCUT2D eigenvalue weighted by Gasteiger charge is -2.16. The number of benzene rings is 1. The van der Waals surface area contributed by atoms with Gasteiger partial charge in [-0.3, -0.25) is 4.79 Å². The molecule has 2 nitrogen and oxygen atoms in total. The molecule has 2 aromatic rings. The van der Waals surface area contributed by atoms with Crippen LogP contribution in [0.25, 0.3) is 0 Å². The minimum atomic E-state index is 0.000255. The van der Waals surface area contributed by atoms with E-state index in [0.717, 1.165) is 10.5 Å². The molecule has 0 saturated heterocycles. The van der Waals surface area contributed by atoms with Gasteiger partial charge >= 0.3 is 0 Å². The summed E-state index contributed by atoms with van der Waals surface area (Å²) in [5.41, 5.74) is 1.01. The Bertz CT molecular complexity index is 568.